The van der Waals surface area contributed by atoms with E-state index in [0.717, 1.165) is 0 Å². The highest BCUT2D eigenvalue weighted by atomic mass is 16.5. The number of benzene rings is 1. The van der Waals surface area contributed by atoms with Crippen molar-refractivity contribution in [1.29, 1.82) is 0 Å². The Bertz CT molecular complexity index is 640. The number of carbonyl (C=O) groups is 3. The molecule has 1 aromatic rings. The predicted molar refractivity (Wildman–Crippen MR) is 102 cm³/mol. The van der Waals surface area contributed by atoms with E-state index in [0.29, 0.717) is 23.8 Å². The van der Waals surface area contributed by atoms with Crippen LogP contribution in [0.4, 0.5) is 0 Å². The van der Waals surface area contributed by atoms with Crippen LogP contribution in [0.25, 0.3) is 0 Å². The van der Waals surface area contributed by atoms with Crippen molar-refractivity contribution in [2.75, 3.05) is 13.7 Å². The largest absolute Gasteiger partial charge is 0.497 e. The van der Waals surface area contributed by atoms with E-state index in [1.807, 2.05) is 13.8 Å². The molecule has 2 N–H and O–H groups in total. The van der Waals surface area contributed by atoms with Crippen molar-refractivity contribution >= 4 is 17.8 Å². The van der Waals surface area contributed by atoms with Crippen LogP contribution in [0.15, 0.2) is 24.3 Å². The maximum Gasteiger partial charge on any atom is 0.329 e. The number of carbonyl (C=O) groups excluding carboxylic acids is 3. The van der Waals surface area contributed by atoms with E-state index in [1.165, 1.54) is 6.92 Å². The molecule has 0 radical (unpaired) electrons. The van der Waals surface area contributed by atoms with Gasteiger partial charge in [-0.3, -0.25) is 9.59 Å². The molecule has 0 heterocycles. The van der Waals surface area contributed by atoms with Crippen molar-refractivity contribution < 1.29 is 23.9 Å². The molecule has 7 nitrogen and oxygen atoms in total. The molecule has 0 saturated carbocycles. The lowest BCUT2D eigenvalue weighted by Crippen LogP contribution is -2.48. The second-order valence-corrected chi connectivity index (χ2v) is 7.14. The fraction of sp³-hybridized carbons (Fsp3) is 0.550. The lowest BCUT2D eigenvalue weighted by atomic mass is 10.0. The van der Waals surface area contributed by atoms with Gasteiger partial charge in [0.25, 0.3) is 11.8 Å². The standard InChI is InChI=1S/C20H30N2O5/c1-12(2)11-21-18(23)14(5)27-20(25)17(13(3)4)22-19(24)15-7-9-16(26-6)10-8-15/h7-10,12-14,17H,11H2,1-6H3,(H,21,23)(H,22,24)/t14-,17-/m0/s1. The van der Waals surface area contributed by atoms with E-state index in [2.05, 4.69) is 10.6 Å². The van der Waals surface area contributed by atoms with Crippen LogP contribution in [0.3, 0.4) is 0 Å². The number of hydrogen-bond donors (Lipinski definition) is 2. The summed E-state index contributed by atoms with van der Waals surface area (Å²) in [4.78, 5) is 36.9. The van der Waals surface area contributed by atoms with Crippen LogP contribution in [0.1, 0.15) is 45.0 Å². The molecule has 0 aromatic heterocycles. The summed E-state index contributed by atoms with van der Waals surface area (Å²) in [5, 5.41) is 5.40. The summed E-state index contributed by atoms with van der Waals surface area (Å²) in [7, 11) is 1.54. The summed E-state index contributed by atoms with van der Waals surface area (Å²) >= 11 is 0. The molecule has 0 fully saturated rings. The number of hydrogen-bond acceptors (Lipinski definition) is 5. The van der Waals surface area contributed by atoms with Crippen LogP contribution in [0.2, 0.25) is 0 Å². The third-order valence-electron chi connectivity index (χ3n) is 3.91. The Kier molecular flexibility index (Phi) is 8.78. The summed E-state index contributed by atoms with van der Waals surface area (Å²) < 4.78 is 10.3. The van der Waals surface area contributed by atoms with Crippen LogP contribution in [-0.2, 0) is 14.3 Å². The highest BCUT2D eigenvalue weighted by Crippen LogP contribution is 2.13. The molecule has 7 heteroatoms. The summed E-state index contributed by atoms with van der Waals surface area (Å²) in [6, 6.07) is 5.69. The number of amides is 2. The molecule has 150 valence electrons. The minimum atomic E-state index is -0.935. The van der Waals surface area contributed by atoms with Gasteiger partial charge in [0, 0.05) is 12.1 Å². The van der Waals surface area contributed by atoms with Crippen LogP contribution < -0.4 is 15.4 Å². The predicted octanol–water partition coefficient (Wildman–Crippen LogP) is 2.15. The first-order valence-electron chi connectivity index (χ1n) is 9.08. The molecule has 0 unspecified atom stereocenters. The smallest absolute Gasteiger partial charge is 0.329 e. The minimum Gasteiger partial charge on any atom is -0.497 e. The second kappa shape index (κ2) is 10.5. The van der Waals surface area contributed by atoms with E-state index in [9.17, 15) is 14.4 Å². The third kappa shape index (κ3) is 7.29. The molecule has 0 aliphatic carbocycles. The van der Waals surface area contributed by atoms with Crippen molar-refractivity contribution in [2.24, 2.45) is 11.8 Å². The molecule has 27 heavy (non-hydrogen) atoms. The van der Waals surface area contributed by atoms with E-state index in [-0.39, 0.29) is 11.8 Å². The molecular weight excluding hydrogens is 348 g/mol. The van der Waals surface area contributed by atoms with E-state index < -0.39 is 24.0 Å². The monoisotopic (exact) mass is 378 g/mol. The maximum atomic E-state index is 12.5. The number of methoxy groups -OCH3 is 1. The van der Waals surface area contributed by atoms with Crippen molar-refractivity contribution in [2.45, 2.75) is 46.8 Å². The molecule has 1 rings (SSSR count). The number of rotatable bonds is 9. The van der Waals surface area contributed by atoms with Gasteiger partial charge in [-0.15, -0.1) is 0 Å². The normalized spacial score (nSPS) is 13.0. The molecule has 0 aliphatic heterocycles. The second-order valence-electron chi connectivity index (χ2n) is 7.14. The minimum absolute atomic E-state index is 0.203. The Balaban J connectivity index is 2.71. The van der Waals surface area contributed by atoms with Crippen LogP contribution in [0, 0.1) is 11.8 Å². The summed E-state index contributed by atoms with van der Waals surface area (Å²) in [6.45, 7) is 9.55. The zero-order valence-electron chi connectivity index (χ0n) is 16.9. The molecule has 0 spiro atoms. The van der Waals surface area contributed by atoms with E-state index in [4.69, 9.17) is 9.47 Å². The topological polar surface area (TPSA) is 93.7 Å². The van der Waals surface area contributed by atoms with Gasteiger partial charge >= 0.3 is 5.97 Å². The SMILES string of the molecule is COc1ccc(C(=O)N[C@H](C(=O)O[C@@H](C)C(=O)NCC(C)C)C(C)C)cc1. The van der Waals surface area contributed by atoms with Gasteiger partial charge in [-0.1, -0.05) is 27.7 Å². The zero-order chi connectivity index (χ0) is 20.6. The van der Waals surface area contributed by atoms with Crippen LogP contribution >= 0.6 is 0 Å². The average Bonchev–Trinajstić information content (AvgIpc) is 2.63. The van der Waals surface area contributed by atoms with Crippen molar-refractivity contribution in [3.63, 3.8) is 0 Å². The first-order chi connectivity index (χ1) is 12.6. The van der Waals surface area contributed by atoms with Crippen molar-refractivity contribution in [1.82, 2.24) is 10.6 Å². The zero-order valence-corrected chi connectivity index (χ0v) is 16.9. The Hall–Kier alpha value is -2.57. The van der Waals surface area contributed by atoms with Crippen molar-refractivity contribution in [3.05, 3.63) is 29.8 Å². The van der Waals surface area contributed by atoms with Gasteiger partial charge in [0.2, 0.25) is 0 Å². The van der Waals surface area contributed by atoms with E-state index in [1.54, 1.807) is 45.2 Å². The first kappa shape index (κ1) is 22.5. The molecule has 2 atom stereocenters. The van der Waals surface area contributed by atoms with Crippen molar-refractivity contribution in [3.8, 4) is 5.75 Å². The number of nitrogens with one attached hydrogen (secondary N) is 2. The van der Waals surface area contributed by atoms with Gasteiger partial charge in [0.05, 0.1) is 7.11 Å². The summed E-state index contributed by atoms with van der Waals surface area (Å²) in [6.07, 6.45) is -0.935. The van der Waals surface area contributed by atoms with Gasteiger partial charge in [0.1, 0.15) is 11.8 Å². The quantitative estimate of drug-likeness (QED) is 0.642. The molecular formula is C20H30N2O5. The average molecular weight is 378 g/mol. The fourth-order valence-corrected chi connectivity index (χ4v) is 2.21. The Morgan fingerprint density at radius 2 is 1.59 bits per heavy atom. The third-order valence-corrected chi connectivity index (χ3v) is 3.91. The Morgan fingerprint density at radius 1 is 1.00 bits per heavy atom. The molecule has 0 aliphatic rings. The van der Waals surface area contributed by atoms with Gasteiger partial charge in [-0.25, -0.2) is 4.79 Å². The molecule has 1 aromatic carbocycles. The highest BCUT2D eigenvalue weighted by molar-refractivity contribution is 5.97. The molecule has 0 bridgehead atoms. The van der Waals surface area contributed by atoms with Gasteiger partial charge in [-0.2, -0.15) is 0 Å². The van der Waals surface area contributed by atoms with Gasteiger partial charge in [-0.05, 0) is 43.0 Å². The highest BCUT2D eigenvalue weighted by Gasteiger charge is 2.29. The number of esters is 1. The van der Waals surface area contributed by atoms with Crippen LogP contribution in [-0.4, -0.2) is 43.6 Å². The fourth-order valence-electron chi connectivity index (χ4n) is 2.21. The lowest BCUT2D eigenvalue weighted by molar-refractivity contribution is -0.157. The lowest BCUT2D eigenvalue weighted by Gasteiger charge is -2.23. The van der Waals surface area contributed by atoms with Gasteiger partial charge < -0.3 is 20.1 Å². The summed E-state index contributed by atoms with van der Waals surface area (Å²) in [5.41, 5.74) is 0.400. The molecule has 0 saturated heterocycles. The first-order valence-corrected chi connectivity index (χ1v) is 9.08. The number of ether oxygens (including phenoxy) is 2. The van der Waals surface area contributed by atoms with Crippen LogP contribution in [0.5, 0.6) is 5.75 Å². The maximum absolute atomic E-state index is 12.5. The van der Waals surface area contributed by atoms with E-state index >= 15 is 0 Å². The summed E-state index contributed by atoms with van der Waals surface area (Å²) in [5.74, 6) is -0.674. The Labute approximate surface area is 160 Å². The molecule has 2 amide bonds. The van der Waals surface area contributed by atoms with Gasteiger partial charge in [0.15, 0.2) is 6.10 Å². The Morgan fingerprint density at radius 3 is 2.07 bits per heavy atom.